The van der Waals surface area contributed by atoms with Gasteiger partial charge in [0, 0.05) is 54.5 Å². The van der Waals surface area contributed by atoms with Gasteiger partial charge in [-0.1, -0.05) is 36.4 Å². The molecule has 2 aromatic heterocycles. The lowest BCUT2D eigenvalue weighted by Gasteiger charge is -2.31. The summed E-state index contributed by atoms with van der Waals surface area (Å²) in [7, 11) is 1.68. The fourth-order valence-corrected chi connectivity index (χ4v) is 6.01. The summed E-state index contributed by atoms with van der Waals surface area (Å²) in [5, 5.41) is 5.29. The molecule has 39 heavy (non-hydrogen) atoms. The zero-order valence-electron chi connectivity index (χ0n) is 21.9. The first kappa shape index (κ1) is 23.7. The Morgan fingerprint density at radius 1 is 1.00 bits per heavy atom. The lowest BCUT2D eigenvalue weighted by Crippen LogP contribution is -2.37. The van der Waals surface area contributed by atoms with Crippen LogP contribution in [0.3, 0.4) is 0 Å². The number of fused-ring (bicyclic) bond motifs is 1. The van der Waals surface area contributed by atoms with E-state index in [4.69, 9.17) is 14.5 Å². The highest BCUT2D eigenvalue weighted by Crippen LogP contribution is 2.44. The molecule has 0 aliphatic carbocycles. The van der Waals surface area contributed by atoms with Crippen molar-refractivity contribution in [2.24, 2.45) is 0 Å². The molecular formula is C32H30N4O3. The first-order valence-electron chi connectivity index (χ1n) is 13.4. The highest BCUT2D eigenvalue weighted by atomic mass is 16.5. The molecular weight excluding hydrogens is 488 g/mol. The Hall–Kier alpha value is -4.36. The maximum Gasteiger partial charge on any atom is 0.225 e. The average molecular weight is 519 g/mol. The molecule has 1 saturated heterocycles. The maximum absolute atomic E-state index is 13.3. The van der Waals surface area contributed by atoms with Gasteiger partial charge in [0.1, 0.15) is 11.6 Å². The monoisotopic (exact) mass is 518 g/mol. The molecule has 5 aromatic rings. The minimum atomic E-state index is -0.158. The van der Waals surface area contributed by atoms with Crippen LogP contribution in [-0.4, -0.2) is 48.9 Å². The molecule has 0 saturated carbocycles. The van der Waals surface area contributed by atoms with Crippen LogP contribution in [0.4, 0.5) is 11.5 Å². The molecule has 2 aliphatic rings. The lowest BCUT2D eigenvalue weighted by molar-refractivity contribution is -0.116. The number of hydrogen-bond acceptors (Lipinski definition) is 5. The Bertz CT molecular complexity index is 1690. The summed E-state index contributed by atoms with van der Waals surface area (Å²) in [6, 6.07) is 24.8. The molecule has 2 aliphatic heterocycles. The highest BCUT2D eigenvalue weighted by Gasteiger charge is 2.31. The Labute approximate surface area is 227 Å². The van der Waals surface area contributed by atoms with E-state index in [2.05, 4.69) is 57.4 Å². The molecule has 1 amide bonds. The van der Waals surface area contributed by atoms with Crippen LogP contribution in [0.2, 0.25) is 0 Å². The van der Waals surface area contributed by atoms with E-state index in [0.717, 1.165) is 69.8 Å². The number of nitrogens with zero attached hydrogens (tertiary/aromatic N) is 3. The van der Waals surface area contributed by atoms with Crippen molar-refractivity contribution < 1.29 is 14.3 Å². The number of benzene rings is 3. The molecule has 0 bridgehead atoms. The van der Waals surface area contributed by atoms with Gasteiger partial charge in [-0.25, -0.2) is 4.98 Å². The third-order valence-corrected chi connectivity index (χ3v) is 7.89. The average Bonchev–Trinajstić information content (AvgIpc) is 3.27. The Kier molecular flexibility index (Phi) is 5.93. The summed E-state index contributed by atoms with van der Waals surface area (Å²) in [6.07, 6.45) is 2.58. The summed E-state index contributed by atoms with van der Waals surface area (Å²) >= 11 is 0. The second-order valence-corrected chi connectivity index (χ2v) is 10.3. The van der Waals surface area contributed by atoms with Crippen LogP contribution in [0.25, 0.3) is 21.8 Å². The molecule has 0 unspecified atom stereocenters. The molecule has 1 fully saturated rings. The van der Waals surface area contributed by atoms with Crippen LogP contribution in [0.15, 0.2) is 79.0 Å². The van der Waals surface area contributed by atoms with E-state index in [-0.39, 0.29) is 11.8 Å². The van der Waals surface area contributed by atoms with Gasteiger partial charge in [-0.05, 0) is 47.5 Å². The molecule has 7 rings (SSSR count). The topological polar surface area (TPSA) is 68.6 Å². The van der Waals surface area contributed by atoms with Crippen molar-refractivity contribution in [1.82, 2.24) is 9.55 Å². The molecule has 1 N–H and O–H groups in total. The summed E-state index contributed by atoms with van der Waals surface area (Å²) in [6.45, 7) is 3.61. The number of rotatable bonds is 5. The number of ether oxygens (including phenoxy) is 2. The predicted octanol–water partition coefficient (Wildman–Crippen LogP) is 5.56. The number of pyridine rings is 1. The van der Waals surface area contributed by atoms with E-state index in [1.54, 1.807) is 7.11 Å². The van der Waals surface area contributed by atoms with Crippen molar-refractivity contribution in [2.75, 3.05) is 43.6 Å². The van der Waals surface area contributed by atoms with Gasteiger partial charge >= 0.3 is 0 Å². The lowest BCUT2D eigenvalue weighted by atomic mass is 9.87. The summed E-state index contributed by atoms with van der Waals surface area (Å²) < 4.78 is 13.5. The maximum atomic E-state index is 13.3. The molecule has 7 nitrogen and oxygen atoms in total. The minimum absolute atomic E-state index is 0.0111. The van der Waals surface area contributed by atoms with Gasteiger partial charge in [0.15, 0.2) is 0 Å². The normalized spacial score (nSPS) is 17.3. The SMILES string of the molecule is COc1ccc2nc(N3CCOCC3)c([C@H]3CC(=O)Nc4cccc5c4c3cn5Cc3ccccc3)cc2c1. The number of morpholine rings is 1. The summed E-state index contributed by atoms with van der Waals surface area (Å²) in [4.78, 5) is 20.8. The van der Waals surface area contributed by atoms with Gasteiger partial charge in [-0.3, -0.25) is 4.79 Å². The fraction of sp³-hybridized carbons (Fsp3) is 0.250. The first-order chi connectivity index (χ1) is 19.2. The molecule has 4 heterocycles. The number of nitrogens with one attached hydrogen (secondary N) is 1. The van der Waals surface area contributed by atoms with E-state index in [1.807, 2.05) is 36.4 Å². The van der Waals surface area contributed by atoms with Gasteiger partial charge in [0.25, 0.3) is 0 Å². The molecule has 196 valence electrons. The second kappa shape index (κ2) is 9.75. The van der Waals surface area contributed by atoms with Crippen LogP contribution < -0.4 is 15.0 Å². The third-order valence-electron chi connectivity index (χ3n) is 7.89. The number of anilines is 2. The van der Waals surface area contributed by atoms with Crippen LogP contribution >= 0.6 is 0 Å². The molecule has 7 heteroatoms. The van der Waals surface area contributed by atoms with Crippen LogP contribution in [0.5, 0.6) is 5.75 Å². The van der Waals surface area contributed by atoms with Crippen molar-refractivity contribution in [3.05, 3.63) is 95.7 Å². The van der Waals surface area contributed by atoms with Crippen LogP contribution in [0.1, 0.15) is 29.0 Å². The minimum Gasteiger partial charge on any atom is -0.497 e. The zero-order chi connectivity index (χ0) is 26.3. The standard InChI is InChI=1S/C32H30N4O3/c1-38-23-10-11-27-22(16-23)17-25(32(34-27)35-12-14-39-15-13-35)24-18-30(37)33-28-8-5-9-29-31(28)26(24)20-36(29)19-21-6-3-2-4-7-21/h2-11,16-17,20,24H,12-15,18-19H2,1H3,(H,33,37)/t24-/m1/s1. The number of methoxy groups -OCH3 is 1. The summed E-state index contributed by atoms with van der Waals surface area (Å²) in [5.74, 6) is 1.57. The number of carbonyl (C=O) groups is 1. The fourth-order valence-electron chi connectivity index (χ4n) is 6.01. The first-order valence-corrected chi connectivity index (χ1v) is 13.4. The van der Waals surface area contributed by atoms with Crippen molar-refractivity contribution >= 4 is 39.2 Å². The molecule has 0 radical (unpaired) electrons. The molecule has 0 spiro atoms. The second-order valence-electron chi connectivity index (χ2n) is 10.3. The van der Waals surface area contributed by atoms with Gasteiger partial charge in [-0.2, -0.15) is 0 Å². The quantitative estimate of drug-likeness (QED) is 0.330. The Morgan fingerprint density at radius 3 is 2.67 bits per heavy atom. The van der Waals surface area contributed by atoms with Crippen LogP contribution in [-0.2, 0) is 16.1 Å². The summed E-state index contributed by atoms with van der Waals surface area (Å²) in [5.41, 5.74) is 6.33. The van der Waals surface area contributed by atoms with Crippen molar-refractivity contribution in [3.8, 4) is 5.75 Å². The molecule has 3 aromatic carbocycles. The smallest absolute Gasteiger partial charge is 0.225 e. The predicted molar refractivity (Wildman–Crippen MR) is 154 cm³/mol. The largest absolute Gasteiger partial charge is 0.497 e. The van der Waals surface area contributed by atoms with E-state index >= 15 is 0 Å². The third kappa shape index (κ3) is 4.29. The van der Waals surface area contributed by atoms with Crippen molar-refractivity contribution in [2.45, 2.75) is 18.9 Å². The Morgan fingerprint density at radius 2 is 1.85 bits per heavy atom. The van der Waals surface area contributed by atoms with Crippen molar-refractivity contribution in [3.63, 3.8) is 0 Å². The Balaban J connectivity index is 1.45. The van der Waals surface area contributed by atoms with E-state index in [9.17, 15) is 4.79 Å². The van der Waals surface area contributed by atoms with Gasteiger partial charge in [0.2, 0.25) is 5.91 Å². The number of amides is 1. The van der Waals surface area contributed by atoms with E-state index in [0.29, 0.717) is 19.6 Å². The highest BCUT2D eigenvalue weighted by molar-refractivity contribution is 6.06. The van der Waals surface area contributed by atoms with Crippen molar-refractivity contribution in [1.29, 1.82) is 0 Å². The van der Waals surface area contributed by atoms with Gasteiger partial charge in [0.05, 0.1) is 37.0 Å². The van der Waals surface area contributed by atoms with E-state index < -0.39 is 0 Å². The van der Waals surface area contributed by atoms with Gasteiger partial charge in [-0.15, -0.1) is 0 Å². The number of hydrogen-bond donors (Lipinski definition) is 1. The van der Waals surface area contributed by atoms with Crippen LogP contribution in [0, 0.1) is 0 Å². The van der Waals surface area contributed by atoms with E-state index in [1.165, 1.54) is 5.56 Å². The van der Waals surface area contributed by atoms with Gasteiger partial charge < -0.3 is 24.3 Å². The number of aromatic nitrogens is 2. The number of carbonyl (C=O) groups excluding carboxylic acids is 1. The zero-order valence-corrected chi connectivity index (χ0v) is 21.9. The molecule has 1 atom stereocenters.